The summed E-state index contributed by atoms with van der Waals surface area (Å²) in [5.41, 5.74) is 1.31. The lowest BCUT2D eigenvalue weighted by molar-refractivity contribution is 0.0690. The normalized spacial score (nSPS) is 11.5. The van der Waals surface area contributed by atoms with Crippen LogP contribution in [0, 0.1) is 0 Å². The number of aromatic carboxylic acids is 1. The molecule has 1 heterocycles. The average molecular weight is 246 g/mol. The Bertz CT molecular complexity index is 565. The summed E-state index contributed by atoms with van der Waals surface area (Å²) >= 11 is 0. The molecule has 1 aromatic carbocycles. The van der Waals surface area contributed by atoms with Crippen LogP contribution >= 0.6 is 0 Å². The van der Waals surface area contributed by atoms with E-state index in [1.165, 1.54) is 6.07 Å². The number of nitrogens with zero attached hydrogens (tertiary/aromatic N) is 1. The van der Waals surface area contributed by atoms with Crippen LogP contribution in [0.1, 0.15) is 29.9 Å². The van der Waals surface area contributed by atoms with Gasteiger partial charge in [0, 0.05) is 5.56 Å². The molecule has 2 rings (SSSR count). The highest BCUT2D eigenvalue weighted by Crippen LogP contribution is 2.23. The molecule has 0 unspecified atom stereocenters. The van der Waals surface area contributed by atoms with Gasteiger partial charge in [0.2, 0.25) is 0 Å². The number of carboxylic acid groups (broad SMARTS) is 1. The Morgan fingerprint density at radius 2 is 1.89 bits per heavy atom. The van der Waals surface area contributed by atoms with Crippen LogP contribution in [0.25, 0.3) is 11.3 Å². The summed E-state index contributed by atoms with van der Waals surface area (Å²) < 4.78 is 0. The van der Waals surface area contributed by atoms with E-state index in [4.69, 9.17) is 5.11 Å². The van der Waals surface area contributed by atoms with Crippen molar-refractivity contribution in [2.24, 2.45) is 0 Å². The van der Waals surface area contributed by atoms with Crippen molar-refractivity contribution >= 4 is 5.97 Å². The number of aromatic nitrogens is 2. The van der Waals surface area contributed by atoms with Crippen molar-refractivity contribution in [2.45, 2.75) is 19.4 Å². The molecular formula is C13H14N2O3. The van der Waals surface area contributed by atoms with Crippen molar-refractivity contribution in [1.82, 2.24) is 10.2 Å². The Labute approximate surface area is 104 Å². The average Bonchev–Trinajstić information content (AvgIpc) is 2.77. The minimum atomic E-state index is -1.04. The third-order valence-electron chi connectivity index (χ3n) is 2.70. The van der Waals surface area contributed by atoms with Crippen molar-refractivity contribution in [3.63, 3.8) is 0 Å². The number of carboxylic acids is 1. The maximum absolute atomic E-state index is 10.7. The van der Waals surface area contributed by atoms with E-state index < -0.39 is 11.6 Å². The molecule has 0 saturated heterocycles. The second-order valence-corrected chi connectivity index (χ2v) is 4.61. The van der Waals surface area contributed by atoms with Gasteiger partial charge in [0.05, 0.1) is 11.3 Å². The number of aliphatic hydroxyl groups is 1. The Hall–Kier alpha value is -2.14. The summed E-state index contributed by atoms with van der Waals surface area (Å²) in [6, 6.07) is 8.67. The van der Waals surface area contributed by atoms with Gasteiger partial charge in [-0.25, -0.2) is 4.79 Å². The highest BCUT2D eigenvalue weighted by Gasteiger charge is 2.16. The fourth-order valence-electron chi connectivity index (χ4n) is 1.63. The summed E-state index contributed by atoms with van der Waals surface area (Å²) in [4.78, 5) is 10.7. The van der Waals surface area contributed by atoms with Gasteiger partial charge < -0.3 is 10.2 Å². The molecule has 5 nitrogen and oxygen atoms in total. The monoisotopic (exact) mass is 246 g/mol. The Morgan fingerprint density at radius 3 is 2.33 bits per heavy atom. The minimum absolute atomic E-state index is 0.0524. The molecule has 0 aliphatic rings. The summed E-state index contributed by atoms with van der Waals surface area (Å²) in [5, 5.41) is 25.0. The number of H-pyrrole nitrogens is 1. The maximum Gasteiger partial charge on any atom is 0.353 e. The Balaban J connectivity index is 2.31. The second-order valence-electron chi connectivity index (χ2n) is 4.61. The van der Waals surface area contributed by atoms with Gasteiger partial charge >= 0.3 is 5.97 Å². The first-order chi connectivity index (χ1) is 8.38. The van der Waals surface area contributed by atoms with Gasteiger partial charge in [-0.1, -0.05) is 24.3 Å². The zero-order valence-corrected chi connectivity index (χ0v) is 10.1. The molecule has 0 amide bonds. The van der Waals surface area contributed by atoms with E-state index in [9.17, 15) is 9.90 Å². The summed E-state index contributed by atoms with van der Waals surface area (Å²) in [6.07, 6.45) is 0. The fraction of sp³-hybridized carbons (Fsp3) is 0.231. The Morgan fingerprint density at radius 1 is 1.28 bits per heavy atom. The predicted molar refractivity (Wildman–Crippen MR) is 66.2 cm³/mol. The molecule has 0 aliphatic heterocycles. The molecule has 18 heavy (non-hydrogen) atoms. The number of carbonyl (C=O) groups is 1. The number of hydrogen-bond donors (Lipinski definition) is 3. The smallest absolute Gasteiger partial charge is 0.353 e. The molecule has 1 aromatic heterocycles. The van der Waals surface area contributed by atoms with Crippen molar-refractivity contribution < 1.29 is 15.0 Å². The number of aromatic amines is 1. The van der Waals surface area contributed by atoms with Gasteiger partial charge in [-0.3, -0.25) is 5.10 Å². The first-order valence-corrected chi connectivity index (χ1v) is 5.50. The van der Waals surface area contributed by atoms with E-state index in [2.05, 4.69) is 10.2 Å². The molecule has 5 heteroatoms. The van der Waals surface area contributed by atoms with Crippen molar-refractivity contribution in [1.29, 1.82) is 0 Å². The molecule has 0 saturated carbocycles. The van der Waals surface area contributed by atoms with Gasteiger partial charge in [0.1, 0.15) is 5.69 Å². The molecule has 0 bridgehead atoms. The van der Waals surface area contributed by atoms with Gasteiger partial charge in [-0.2, -0.15) is 5.10 Å². The first kappa shape index (κ1) is 12.3. The molecule has 0 fully saturated rings. The Kier molecular flexibility index (Phi) is 2.92. The zero-order valence-electron chi connectivity index (χ0n) is 10.1. The van der Waals surface area contributed by atoms with Crippen LogP contribution < -0.4 is 0 Å². The van der Waals surface area contributed by atoms with Crippen LogP contribution in [0.4, 0.5) is 0 Å². The molecule has 3 N–H and O–H groups in total. The van der Waals surface area contributed by atoms with Gasteiger partial charge in [-0.05, 0) is 25.5 Å². The van der Waals surface area contributed by atoms with Gasteiger partial charge in [0.25, 0.3) is 0 Å². The summed E-state index contributed by atoms with van der Waals surface area (Å²) in [7, 11) is 0. The topological polar surface area (TPSA) is 86.2 Å². The number of rotatable bonds is 3. The van der Waals surface area contributed by atoms with Gasteiger partial charge in [-0.15, -0.1) is 0 Å². The van der Waals surface area contributed by atoms with Crippen LogP contribution in [0.3, 0.4) is 0 Å². The molecule has 0 atom stereocenters. The quantitative estimate of drug-likeness (QED) is 0.773. The van der Waals surface area contributed by atoms with E-state index in [-0.39, 0.29) is 5.69 Å². The number of benzene rings is 1. The molecular weight excluding hydrogens is 232 g/mol. The van der Waals surface area contributed by atoms with E-state index >= 15 is 0 Å². The second kappa shape index (κ2) is 4.27. The van der Waals surface area contributed by atoms with Crippen LogP contribution in [-0.4, -0.2) is 26.4 Å². The number of hydrogen-bond acceptors (Lipinski definition) is 3. The van der Waals surface area contributed by atoms with Gasteiger partial charge in [0.15, 0.2) is 0 Å². The third-order valence-corrected chi connectivity index (χ3v) is 2.70. The maximum atomic E-state index is 10.7. The highest BCUT2D eigenvalue weighted by molar-refractivity contribution is 5.86. The molecule has 2 aromatic rings. The van der Waals surface area contributed by atoms with Crippen LogP contribution in [-0.2, 0) is 5.60 Å². The van der Waals surface area contributed by atoms with Crippen molar-refractivity contribution in [2.75, 3.05) is 0 Å². The molecule has 0 aliphatic carbocycles. The highest BCUT2D eigenvalue weighted by atomic mass is 16.4. The third kappa shape index (κ3) is 2.41. The summed E-state index contributed by atoms with van der Waals surface area (Å²) in [6.45, 7) is 3.41. The standard InChI is InChI=1S/C13H14N2O3/c1-13(2,18)9-5-3-8(4-6-9)10-7-11(12(16)17)15-14-10/h3-7,18H,1-2H3,(H,14,15)(H,16,17). The lowest BCUT2D eigenvalue weighted by Gasteiger charge is -2.17. The van der Waals surface area contributed by atoms with E-state index in [1.54, 1.807) is 38.1 Å². The molecule has 0 spiro atoms. The lowest BCUT2D eigenvalue weighted by Crippen LogP contribution is -2.14. The number of nitrogens with one attached hydrogen (secondary N) is 1. The zero-order chi connectivity index (χ0) is 13.3. The van der Waals surface area contributed by atoms with Crippen molar-refractivity contribution in [3.8, 4) is 11.3 Å². The van der Waals surface area contributed by atoms with E-state index in [0.717, 1.165) is 11.1 Å². The molecule has 0 radical (unpaired) electrons. The predicted octanol–water partition coefficient (Wildman–Crippen LogP) is 2.00. The van der Waals surface area contributed by atoms with E-state index in [0.29, 0.717) is 5.69 Å². The largest absolute Gasteiger partial charge is 0.477 e. The van der Waals surface area contributed by atoms with Crippen LogP contribution in [0.15, 0.2) is 30.3 Å². The summed E-state index contributed by atoms with van der Waals surface area (Å²) in [5.74, 6) is -1.04. The lowest BCUT2D eigenvalue weighted by atomic mass is 9.97. The van der Waals surface area contributed by atoms with Crippen LogP contribution in [0.5, 0.6) is 0 Å². The van der Waals surface area contributed by atoms with Crippen LogP contribution in [0.2, 0.25) is 0 Å². The SMILES string of the molecule is CC(C)(O)c1ccc(-c2cc(C(=O)O)[nH]n2)cc1. The minimum Gasteiger partial charge on any atom is -0.477 e. The molecule has 94 valence electrons. The first-order valence-electron chi connectivity index (χ1n) is 5.50. The fourth-order valence-corrected chi connectivity index (χ4v) is 1.63. The van der Waals surface area contributed by atoms with Crippen molar-refractivity contribution in [3.05, 3.63) is 41.6 Å². The van der Waals surface area contributed by atoms with E-state index in [1.807, 2.05) is 0 Å².